The molecule has 0 saturated carbocycles. The van der Waals surface area contributed by atoms with Crippen LogP contribution in [-0.4, -0.2) is 33.4 Å². The fourth-order valence-corrected chi connectivity index (χ4v) is 4.34. The molecule has 0 bridgehead atoms. The maximum Gasteiger partial charge on any atom is 0.446 e. The number of hydrogen-bond acceptors (Lipinski definition) is 4. The quantitative estimate of drug-likeness (QED) is 0.307. The number of pyridine rings is 1. The van der Waals surface area contributed by atoms with Crippen LogP contribution in [0.3, 0.4) is 0 Å². The van der Waals surface area contributed by atoms with Gasteiger partial charge in [0.25, 0.3) is 5.91 Å². The Kier molecular flexibility index (Phi) is 6.36. The molecule has 170 valence electrons. The molecule has 2 aromatic carbocycles. The van der Waals surface area contributed by atoms with Crippen LogP contribution in [0.1, 0.15) is 12.5 Å². The van der Waals surface area contributed by atoms with Gasteiger partial charge in [-0.15, -0.1) is 0 Å². The van der Waals surface area contributed by atoms with Crippen molar-refractivity contribution >= 4 is 41.0 Å². The van der Waals surface area contributed by atoms with Crippen LogP contribution >= 0.6 is 23.4 Å². The third kappa shape index (κ3) is 4.99. The van der Waals surface area contributed by atoms with Crippen molar-refractivity contribution in [3.63, 3.8) is 0 Å². The number of benzene rings is 2. The molecule has 4 rings (SSSR count). The molecule has 1 unspecified atom stereocenters. The van der Waals surface area contributed by atoms with Crippen LogP contribution in [0.15, 0.2) is 71.9 Å². The van der Waals surface area contributed by atoms with E-state index in [2.05, 4.69) is 4.98 Å². The Labute approximate surface area is 197 Å². The number of amides is 3. The molecule has 1 fully saturated rings. The average Bonchev–Trinajstić information content (AvgIpc) is 2.97. The molecule has 10 heteroatoms. The lowest BCUT2D eigenvalue weighted by atomic mass is 10.0. The fraction of sp³-hybridized carbons (Fsp3) is 0.174. The second kappa shape index (κ2) is 9.07. The van der Waals surface area contributed by atoms with Gasteiger partial charge in [0, 0.05) is 34.4 Å². The van der Waals surface area contributed by atoms with Gasteiger partial charge in [-0.2, -0.15) is 13.2 Å². The summed E-state index contributed by atoms with van der Waals surface area (Å²) >= 11 is 5.86. The van der Waals surface area contributed by atoms with Crippen LogP contribution in [0.2, 0.25) is 5.02 Å². The van der Waals surface area contributed by atoms with Crippen molar-refractivity contribution in [1.29, 1.82) is 0 Å². The van der Waals surface area contributed by atoms with Crippen LogP contribution in [-0.2, 0) is 11.3 Å². The molecule has 1 saturated heterocycles. The lowest BCUT2D eigenvalue weighted by Gasteiger charge is -2.21. The highest BCUT2D eigenvalue weighted by atomic mass is 35.5. The molecule has 3 aromatic rings. The molecule has 1 atom stereocenters. The van der Waals surface area contributed by atoms with Crippen LogP contribution in [0.4, 0.5) is 23.7 Å². The number of aromatic nitrogens is 1. The van der Waals surface area contributed by atoms with E-state index in [-0.39, 0.29) is 28.9 Å². The number of rotatable bonds is 5. The summed E-state index contributed by atoms with van der Waals surface area (Å²) in [4.78, 5) is 32.6. The van der Waals surface area contributed by atoms with Gasteiger partial charge in [0.1, 0.15) is 6.04 Å². The summed E-state index contributed by atoms with van der Waals surface area (Å²) in [5.74, 6) is -0.449. The lowest BCUT2D eigenvalue weighted by Crippen LogP contribution is -2.33. The van der Waals surface area contributed by atoms with E-state index in [1.54, 1.807) is 37.5 Å². The van der Waals surface area contributed by atoms with Crippen molar-refractivity contribution in [2.45, 2.75) is 29.9 Å². The molecular weight excluding hydrogens is 475 g/mol. The predicted molar refractivity (Wildman–Crippen MR) is 121 cm³/mol. The van der Waals surface area contributed by atoms with E-state index in [9.17, 15) is 22.8 Å². The Morgan fingerprint density at radius 1 is 1.09 bits per heavy atom. The summed E-state index contributed by atoms with van der Waals surface area (Å²) in [6, 6.07) is 12.9. The van der Waals surface area contributed by atoms with E-state index in [0.29, 0.717) is 5.02 Å². The van der Waals surface area contributed by atoms with Gasteiger partial charge in [0.05, 0.1) is 5.69 Å². The average molecular weight is 492 g/mol. The Balaban J connectivity index is 1.59. The van der Waals surface area contributed by atoms with Gasteiger partial charge in [0.15, 0.2) is 0 Å². The summed E-state index contributed by atoms with van der Waals surface area (Å²) in [5, 5.41) is 0.557. The van der Waals surface area contributed by atoms with E-state index in [4.69, 9.17) is 11.6 Å². The summed E-state index contributed by atoms with van der Waals surface area (Å²) in [6.45, 7) is 1.77. The van der Waals surface area contributed by atoms with E-state index in [0.717, 1.165) is 21.6 Å². The molecule has 0 spiro atoms. The molecule has 3 amide bonds. The zero-order chi connectivity index (χ0) is 23.8. The zero-order valence-corrected chi connectivity index (χ0v) is 18.8. The Morgan fingerprint density at radius 2 is 1.82 bits per heavy atom. The first-order chi connectivity index (χ1) is 15.6. The van der Waals surface area contributed by atoms with Gasteiger partial charge < -0.3 is 4.90 Å². The predicted octanol–water partition coefficient (Wildman–Crippen LogP) is 6.37. The smallest absolute Gasteiger partial charge is 0.308 e. The highest BCUT2D eigenvalue weighted by Gasteiger charge is 2.43. The number of imide groups is 1. The van der Waals surface area contributed by atoms with Gasteiger partial charge >= 0.3 is 11.5 Å². The second-order valence-electron chi connectivity index (χ2n) is 7.34. The largest absolute Gasteiger partial charge is 0.446 e. The van der Waals surface area contributed by atoms with Gasteiger partial charge in [-0.25, -0.2) is 9.69 Å². The fourth-order valence-electron chi connectivity index (χ4n) is 3.61. The molecule has 1 aliphatic rings. The molecule has 0 radical (unpaired) electrons. The monoisotopic (exact) mass is 491 g/mol. The molecule has 1 aromatic heterocycles. The third-order valence-electron chi connectivity index (χ3n) is 5.20. The number of carbonyl (C=O) groups excluding carboxylic acids is 2. The first-order valence-electron chi connectivity index (χ1n) is 9.83. The third-order valence-corrected chi connectivity index (χ3v) is 6.17. The number of urea groups is 1. The molecular formula is C23H17ClF3N3O2S. The standard InChI is InChI=1S/C23H17ClF3N3O2S/c1-14-21(31)30(18-5-7-19(8-6-18)33-23(25,26)27)22(32)29(14)13-16-9-10-28-12-20(16)15-3-2-4-17(24)11-15/h2-12,14H,13H2,1H3. The van der Waals surface area contributed by atoms with Gasteiger partial charge in [-0.3, -0.25) is 9.78 Å². The first kappa shape index (κ1) is 23.1. The van der Waals surface area contributed by atoms with Crippen LogP contribution in [0.5, 0.6) is 0 Å². The number of anilines is 1. The second-order valence-corrected chi connectivity index (χ2v) is 8.92. The number of halogens is 4. The lowest BCUT2D eigenvalue weighted by molar-refractivity contribution is -0.119. The van der Waals surface area contributed by atoms with Crippen molar-refractivity contribution in [3.8, 4) is 11.1 Å². The number of nitrogens with zero attached hydrogens (tertiary/aromatic N) is 3. The Hall–Kier alpha value is -3.04. The van der Waals surface area contributed by atoms with Crippen molar-refractivity contribution in [2.24, 2.45) is 0 Å². The Bertz CT molecular complexity index is 1200. The normalized spacial score (nSPS) is 16.6. The van der Waals surface area contributed by atoms with Gasteiger partial charge in [-0.05, 0) is 72.3 Å². The number of hydrogen-bond donors (Lipinski definition) is 0. The molecule has 0 N–H and O–H groups in total. The first-order valence-corrected chi connectivity index (χ1v) is 11.0. The van der Waals surface area contributed by atoms with Gasteiger partial charge in [0.2, 0.25) is 0 Å². The maximum atomic E-state index is 13.2. The molecule has 5 nitrogen and oxygen atoms in total. The number of carbonyl (C=O) groups is 2. The van der Waals surface area contributed by atoms with E-state index in [1.165, 1.54) is 29.2 Å². The van der Waals surface area contributed by atoms with E-state index < -0.39 is 23.5 Å². The zero-order valence-electron chi connectivity index (χ0n) is 17.2. The van der Waals surface area contributed by atoms with Crippen molar-refractivity contribution < 1.29 is 22.8 Å². The number of alkyl halides is 3. The highest BCUT2D eigenvalue weighted by Crippen LogP contribution is 2.38. The molecule has 33 heavy (non-hydrogen) atoms. The summed E-state index contributed by atoms with van der Waals surface area (Å²) in [7, 11) is 0. The topological polar surface area (TPSA) is 53.5 Å². The van der Waals surface area contributed by atoms with Crippen LogP contribution in [0, 0.1) is 0 Å². The SMILES string of the molecule is CC1C(=O)N(c2ccc(SC(F)(F)F)cc2)C(=O)N1Cc1ccncc1-c1cccc(Cl)c1. The summed E-state index contributed by atoms with van der Waals surface area (Å²) in [5.41, 5.74) is -1.82. The van der Waals surface area contributed by atoms with E-state index in [1.807, 2.05) is 12.1 Å². The minimum Gasteiger partial charge on any atom is -0.308 e. The maximum absolute atomic E-state index is 13.2. The Morgan fingerprint density at radius 3 is 2.48 bits per heavy atom. The number of thioether (sulfide) groups is 1. The van der Waals surface area contributed by atoms with Crippen LogP contribution in [0.25, 0.3) is 11.1 Å². The molecule has 0 aliphatic carbocycles. The highest BCUT2D eigenvalue weighted by molar-refractivity contribution is 8.00. The summed E-state index contributed by atoms with van der Waals surface area (Å²) in [6.07, 6.45) is 3.27. The van der Waals surface area contributed by atoms with Crippen molar-refractivity contribution in [3.05, 3.63) is 77.6 Å². The van der Waals surface area contributed by atoms with E-state index >= 15 is 0 Å². The minimum absolute atomic E-state index is 0.0294. The van der Waals surface area contributed by atoms with Crippen molar-refractivity contribution in [1.82, 2.24) is 9.88 Å². The molecule has 2 heterocycles. The minimum atomic E-state index is -4.42. The molecule has 1 aliphatic heterocycles. The van der Waals surface area contributed by atoms with Crippen molar-refractivity contribution in [2.75, 3.05) is 4.90 Å². The van der Waals surface area contributed by atoms with Gasteiger partial charge in [-0.1, -0.05) is 23.7 Å². The summed E-state index contributed by atoms with van der Waals surface area (Å²) < 4.78 is 37.7. The van der Waals surface area contributed by atoms with Crippen LogP contribution < -0.4 is 4.90 Å².